The average Bonchev–Trinajstić information content (AvgIpc) is 2.68. The van der Waals surface area contributed by atoms with Crippen LogP contribution in [0.3, 0.4) is 0 Å². The van der Waals surface area contributed by atoms with Crippen LogP contribution in [0.25, 0.3) is 5.57 Å². The molecule has 0 saturated heterocycles. The summed E-state index contributed by atoms with van der Waals surface area (Å²) in [7, 11) is 2.69. The number of phenols is 1. The second-order valence-electron chi connectivity index (χ2n) is 7.22. The highest BCUT2D eigenvalue weighted by Gasteiger charge is 2.38. The zero-order valence-corrected chi connectivity index (χ0v) is 16.3. The number of methoxy groups -OCH3 is 2. The molecule has 150 valence electrons. The molecule has 0 aliphatic heterocycles. The van der Waals surface area contributed by atoms with Crippen molar-refractivity contribution in [1.82, 2.24) is 0 Å². The number of rotatable bonds is 2. The molecule has 0 heterocycles. The molecule has 6 heteroatoms. The molecule has 1 aromatic carbocycles. The van der Waals surface area contributed by atoms with E-state index in [0.29, 0.717) is 37.7 Å². The van der Waals surface area contributed by atoms with Crippen LogP contribution in [0.2, 0.25) is 0 Å². The van der Waals surface area contributed by atoms with Crippen LogP contribution in [-0.4, -0.2) is 42.1 Å². The molecule has 0 fully saturated rings. The Morgan fingerprint density at radius 1 is 0.929 bits per heavy atom. The number of ketones is 2. The summed E-state index contributed by atoms with van der Waals surface area (Å²) in [6.07, 6.45) is 4.32. The summed E-state index contributed by atoms with van der Waals surface area (Å²) in [4.78, 5) is 26.2. The molecule has 2 aliphatic carbocycles. The standard InChI is InChI=1S/C22H26O6/c1-27-21-15-7-5-3-4-6-14(23)10-8-13-9-11-17(24)16(12-13)18(19(15)25)22(28-2)20(21)26/h9,11-12,14,23-24H,3-8,10H2,1-2H3. The van der Waals surface area contributed by atoms with Crippen LogP contribution in [0, 0.1) is 0 Å². The van der Waals surface area contributed by atoms with Gasteiger partial charge in [-0.05, 0) is 49.8 Å². The Kier molecular flexibility index (Phi) is 6.19. The Bertz CT molecular complexity index is 849. The Balaban J connectivity index is 2.17. The van der Waals surface area contributed by atoms with Crippen LogP contribution < -0.4 is 0 Å². The van der Waals surface area contributed by atoms with E-state index in [0.717, 1.165) is 18.4 Å². The Morgan fingerprint density at radius 3 is 2.39 bits per heavy atom. The third-order valence-corrected chi connectivity index (χ3v) is 5.38. The maximum absolute atomic E-state index is 13.3. The number of allylic oxidation sites excluding steroid dienone is 2. The van der Waals surface area contributed by atoms with Gasteiger partial charge >= 0.3 is 0 Å². The summed E-state index contributed by atoms with van der Waals surface area (Å²) >= 11 is 0. The summed E-state index contributed by atoms with van der Waals surface area (Å²) in [6.45, 7) is 0. The molecule has 1 atom stereocenters. The fourth-order valence-electron chi connectivity index (χ4n) is 3.87. The summed E-state index contributed by atoms with van der Waals surface area (Å²) < 4.78 is 10.5. The van der Waals surface area contributed by atoms with E-state index < -0.39 is 5.78 Å². The van der Waals surface area contributed by atoms with E-state index in [1.54, 1.807) is 12.1 Å². The molecule has 0 amide bonds. The van der Waals surface area contributed by atoms with E-state index >= 15 is 0 Å². The number of ether oxygens (including phenoxy) is 2. The molecule has 6 nitrogen and oxygen atoms in total. The molecule has 1 aromatic rings. The second kappa shape index (κ2) is 8.61. The molecule has 0 radical (unpaired) electrons. The van der Waals surface area contributed by atoms with Gasteiger partial charge in [-0.1, -0.05) is 18.9 Å². The van der Waals surface area contributed by atoms with Gasteiger partial charge in [0.25, 0.3) is 5.78 Å². The van der Waals surface area contributed by atoms with E-state index in [2.05, 4.69) is 0 Å². The number of fused-ring (bicyclic) bond motifs is 5. The summed E-state index contributed by atoms with van der Waals surface area (Å²) in [5.41, 5.74) is 1.52. The maximum Gasteiger partial charge on any atom is 0.263 e. The molecule has 1 unspecified atom stereocenters. The van der Waals surface area contributed by atoms with Gasteiger partial charge in [0, 0.05) is 11.1 Å². The quantitative estimate of drug-likeness (QED) is 0.759. The number of aromatic hydroxyl groups is 1. The summed E-state index contributed by atoms with van der Waals surface area (Å²) in [6, 6.07) is 4.97. The summed E-state index contributed by atoms with van der Waals surface area (Å²) in [5, 5.41) is 20.6. The molecule has 2 aliphatic rings. The van der Waals surface area contributed by atoms with E-state index in [9.17, 15) is 19.8 Å². The molecule has 0 spiro atoms. The SMILES string of the molecule is COC1=C2CCCCCC(O)CCc3ccc(O)c(c3)C(=C(OC)C1=O)C2=O. The van der Waals surface area contributed by atoms with Gasteiger partial charge in [-0.3, -0.25) is 9.59 Å². The number of carbonyl (C=O) groups is 2. The second-order valence-corrected chi connectivity index (χ2v) is 7.22. The van der Waals surface area contributed by atoms with Gasteiger partial charge in [-0.2, -0.15) is 0 Å². The highest BCUT2D eigenvalue weighted by atomic mass is 16.5. The lowest BCUT2D eigenvalue weighted by atomic mass is 9.84. The van der Waals surface area contributed by atoms with Crippen molar-refractivity contribution in [3.63, 3.8) is 0 Å². The van der Waals surface area contributed by atoms with Gasteiger partial charge in [0.15, 0.2) is 17.3 Å². The van der Waals surface area contributed by atoms with Gasteiger partial charge in [0.2, 0.25) is 0 Å². The van der Waals surface area contributed by atoms with Crippen molar-refractivity contribution in [3.8, 4) is 5.75 Å². The fourth-order valence-corrected chi connectivity index (χ4v) is 3.87. The number of carbonyl (C=O) groups excluding carboxylic acids is 2. The van der Waals surface area contributed by atoms with Crippen molar-refractivity contribution in [3.05, 3.63) is 46.4 Å². The highest BCUT2D eigenvalue weighted by molar-refractivity contribution is 6.38. The van der Waals surface area contributed by atoms with Crippen molar-refractivity contribution < 1.29 is 29.3 Å². The number of aliphatic hydroxyl groups is 1. The zero-order valence-electron chi connectivity index (χ0n) is 16.3. The first-order chi connectivity index (χ1) is 13.5. The van der Waals surface area contributed by atoms with E-state index in [-0.39, 0.29) is 40.3 Å². The molecule has 28 heavy (non-hydrogen) atoms. The molecule has 0 aromatic heterocycles. The lowest BCUT2D eigenvalue weighted by Gasteiger charge is -2.23. The Morgan fingerprint density at radius 2 is 1.68 bits per heavy atom. The van der Waals surface area contributed by atoms with Crippen molar-refractivity contribution in [2.75, 3.05) is 14.2 Å². The number of aryl methyl sites for hydroxylation is 1. The van der Waals surface area contributed by atoms with Crippen molar-refractivity contribution in [2.24, 2.45) is 0 Å². The van der Waals surface area contributed by atoms with Gasteiger partial charge in [-0.15, -0.1) is 0 Å². The maximum atomic E-state index is 13.3. The first kappa shape index (κ1) is 20.1. The van der Waals surface area contributed by atoms with Crippen LogP contribution in [0.1, 0.15) is 49.7 Å². The molecular formula is C22H26O6. The number of hydrogen-bond acceptors (Lipinski definition) is 6. The largest absolute Gasteiger partial charge is 0.507 e. The Hall–Kier alpha value is -2.60. The third kappa shape index (κ3) is 3.83. The zero-order chi connectivity index (χ0) is 20.3. The fraction of sp³-hybridized carbons (Fsp3) is 0.455. The number of benzene rings is 1. The van der Waals surface area contributed by atoms with Gasteiger partial charge in [0.05, 0.1) is 25.9 Å². The molecule has 2 N–H and O–H groups in total. The van der Waals surface area contributed by atoms with Gasteiger partial charge in [0.1, 0.15) is 5.75 Å². The van der Waals surface area contributed by atoms with Crippen LogP contribution >= 0.6 is 0 Å². The van der Waals surface area contributed by atoms with Gasteiger partial charge < -0.3 is 19.7 Å². The minimum Gasteiger partial charge on any atom is -0.507 e. The third-order valence-electron chi connectivity index (χ3n) is 5.38. The minimum atomic E-state index is -0.484. The van der Waals surface area contributed by atoms with Crippen LogP contribution in [0.4, 0.5) is 0 Å². The first-order valence-corrected chi connectivity index (χ1v) is 9.63. The van der Waals surface area contributed by atoms with E-state index in [1.165, 1.54) is 20.3 Å². The number of Topliss-reactive ketones (excluding diaryl/α,β-unsaturated/α-hetero) is 2. The summed E-state index contributed by atoms with van der Waals surface area (Å²) in [5.74, 6) is -1.04. The predicted molar refractivity (Wildman–Crippen MR) is 103 cm³/mol. The average molecular weight is 386 g/mol. The first-order valence-electron chi connectivity index (χ1n) is 9.63. The van der Waals surface area contributed by atoms with Gasteiger partial charge in [-0.25, -0.2) is 0 Å². The normalized spacial score (nSPS) is 21.5. The van der Waals surface area contributed by atoms with Crippen molar-refractivity contribution >= 4 is 17.1 Å². The smallest absolute Gasteiger partial charge is 0.263 e. The topological polar surface area (TPSA) is 93.1 Å². The molecule has 4 bridgehead atoms. The van der Waals surface area contributed by atoms with E-state index in [1.807, 2.05) is 0 Å². The molecular weight excluding hydrogens is 360 g/mol. The highest BCUT2D eigenvalue weighted by Crippen LogP contribution is 2.38. The van der Waals surface area contributed by atoms with Crippen molar-refractivity contribution in [2.45, 2.75) is 51.0 Å². The lowest BCUT2D eigenvalue weighted by Crippen LogP contribution is -2.25. The number of aliphatic hydroxyl groups excluding tert-OH is 1. The van der Waals surface area contributed by atoms with Crippen LogP contribution in [-0.2, 0) is 25.5 Å². The van der Waals surface area contributed by atoms with Crippen LogP contribution in [0.15, 0.2) is 35.3 Å². The lowest BCUT2D eigenvalue weighted by molar-refractivity contribution is -0.120. The predicted octanol–water partition coefficient (Wildman–Crippen LogP) is 3.06. The molecule has 0 saturated carbocycles. The Labute approximate surface area is 164 Å². The monoisotopic (exact) mass is 386 g/mol. The van der Waals surface area contributed by atoms with Crippen LogP contribution in [0.5, 0.6) is 5.75 Å². The number of phenolic OH excluding ortho intramolecular Hbond substituents is 1. The molecule has 3 rings (SSSR count). The van der Waals surface area contributed by atoms with Crippen molar-refractivity contribution in [1.29, 1.82) is 0 Å². The number of hydrogen-bond donors (Lipinski definition) is 2. The van der Waals surface area contributed by atoms with E-state index in [4.69, 9.17) is 9.47 Å². The minimum absolute atomic E-state index is 0.00775.